The zero-order valence-corrected chi connectivity index (χ0v) is 11.8. The van der Waals surface area contributed by atoms with E-state index >= 15 is 0 Å². The molecule has 5 heteroatoms. The molecule has 1 aliphatic carbocycles. The van der Waals surface area contributed by atoms with Crippen LogP contribution in [0.5, 0.6) is 0 Å². The summed E-state index contributed by atoms with van der Waals surface area (Å²) in [6.45, 7) is 0.646. The molecule has 0 fully saturated rings. The van der Waals surface area contributed by atoms with E-state index in [-0.39, 0.29) is 11.9 Å². The molecule has 0 spiro atoms. The standard InChI is InChI=1S/C14H19NO3S/c1-18-6-7-19-9-13(17)15-14-11-5-3-2-4-10(11)8-12(14)16/h2-5,12,14,16H,6-9H2,1H3,(H,15,17)/t12-,14+/m0/s1. The van der Waals surface area contributed by atoms with Crippen molar-refractivity contribution in [2.45, 2.75) is 18.6 Å². The Morgan fingerprint density at radius 3 is 3.11 bits per heavy atom. The lowest BCUT2D eigenvalue weighted by atomic mass is 10.1. The summed E-state index contributed by atoms with van der Waals surface area (Å²) in [5, 5.41) is 12.9. The quantitative estimate of drug-likeness (QED) is 0.768. The highest BCUT2D eigenvalue weighted by Gasteiger charge is 2.31. The summed E-state index contributed by atoms with van der Waals surface area (Å²) in [5.41, 5.74) is 2.15. The molecule has 1 aromatic rings. The number of hydrogen-bond donors (Lipinski definition) is 2. The van der Waals surface area contributed by atoms with Gasteiger partial charge in [0.2, 0.25) is 5.91 Å². The first-order valence-corrected chi connectivity index (χ1v) is 7.49. The largest absolute Gasteiger partial charge is 0.390 e. The maximum atomic E-state index is 11.8. The molecule has 104 valence electrons. The zero-order valence-electron chi connectivity index (χ0n) is 11.0. The van der Waals surface area contributed by atoms with Crippen molar-refractivity contribution in [1.29, 1.82) is 0 Å². The second-order valence-corrected chi connectivity index (χ2v) is 5.67. The molecule has 4 nitrogen and oxygen atoms in total. The van der Waals surface area contributed by atoms with Crippen LogP contribution in [0.4, 0.5) is 0 Å². The van der Waals surface area contributed by atoms with Crippen LogP contribution in [0.1, 0.15) is 17.2 Å². The first-order valence-electron chi connectivity index (χ1n) is 6.34. The molecule has 19 heavy (non-hydrogen) atoms. The number of nitrogens with one attached hydrogen (secondary N) is 1. The highest BCUT2D eigenvalue weighted by Crippen LogP contribution is 2.31. The van der Waals surface area contributed by atoms with Crippen molar-refractivity contribution in [3.63, 3.8) is 0 Å². The number of hydrogen-bond acceptors (Lipinski definition) is 4. The minimum Gasteiger partial charge on any atom is -0.390 e. The Morgan fingerprint density at radius 2 is 2.32 bits per heavy atom. The van der Waals surface area contributed by atoms with Gasteiger partial charge in [0.05, 0.1) is 24.5 Å². The van der Waals surface area contributed by atoms with Crippen molar-refractivity contribution in [3.05, 3.63) is 35.4 Å². The molecule has 0 aromatic heterocycles. The molecule has 0 radical (unpaired) electrons. The summed E-state index contributed by atoms with van der Waals surface area (Å²) >= 11 is 1.53. The van der Waals surface area contributed by atoms with E-state index < -0.39 is 6.10 Å². The number of benzene rings is 1. The average molecular weight is 281 g/mol. The van der Waals surface area contributed by atoms with Crippen molar-refractivity contribution in [3.8, 4) is 0 Å². The number of aliphatic hydroxyl groups excluding tert-OH is 1. The highest BCUT2D eigenvalue weighted by molar-refractivity contribution is 7.99. The second kappa shape index (κ2) is 6.93. The molecule has 2 rings (SSSR count). The molecule has 0 bridgehead atoms. The molecule has 1 aromatic carbocycles. The SMILES string of the molecule is COCCSCC(=O)N[C@@H]1c2ccccc2C[C@@H]1O. The molecule has 2 N–H and O–H groups in total. The number of thioether (sulfide) groups is 1. The number of methoxy groups -OCH3 is 1. The smallest absolute Gasteiger partial charge is 0.230 e. The van der Waals surface area contributed by atoms with Crippen LogP contribution in [-0.4, -0.2) is 42.3 Å². The van der Waals surface area contributed by atoms with E-state index in [0.717, 1.165) is 16.9 Å². The monoisotopic (exact) mass is 281 g/mol. The Labute approximate surface area is 117 Å². The van der Waals surface area contributed by atoms with E-state index in [9.17, 15) is 9.90 Å². The van der Waals surface area contributed by atoms with Gasteiger partial charge in [-0.25, -0.2) is 0 Å². The predicted molar refractivity (Wildman–Crippen MR) is 76.2 cm³/mol. The molecule has 1 amide bonds. The fourth-order valence-corrected chi connectivity index (χ4v) is 2.97. The third-order valence-corrected chi connectivity index (χ3v) is 4.11. The van der Waals surface area contributed by atoms with E-state index in [0.29, 0.717) is 18.8 Å². The summed E-state index contributed by atoms with van der Waals surface area (Å²) in [6, 6.07) is 7.58. The van der Waals surface area contributed by atoms with E-state index in [1.54, 1.807) is 7.11 Å². The van der Waals surface area contributed by atoms with E-state index in [2.05, 4.69) is 5.32 Å². The minimum atomic E-state index is -0.523. The van der Waals surface area contributed by atoms with Gasteiger partial charge in [-0.1, -0.05) is 24.3 Å². The van der Waals surface area contributed by atoms with Crippen LogP contribution in [0.15, 0.2) is 24.3 Å². The zero-order chi connectivity index (χ0) is 13.7. The number of ether oxygens (including phenoxy) is 1. The molecule has 1 aliphatic rings. The molecule has 0 saturated heterocycles. The van der Waals surface area contributed by atoms with Gasteiger partial charge in [-0.05, 0) is 11.1 Å². The van der Waals surface area contributed by atoms with Crippen molar-refractivity contribution in [1.82, 2.24) is 5.32 Å². The number of aliphatic hydroxyl groups is 1. The lowest BCUT2D eigenvalue weighted by Gasteiger charge is -2.17. The van der Waals surface area contributed by atoms with Gasteiger partial charge in [0.15, 0.2) is 0 Å². The number of carbonyl (C=O) groups excluding carboxylic acids is 1. The third-order valence-electron chi connectivity index (χ3n) is 3.19. The normalized spacial score (nSPS) is 21.2. The van der Waals surface area contributed by atoms with Crippen LogP contribution >= 0.6 is 11.8 Å². The molecule has 0 unspecified atom stereocenters. The van der Waals surface area contributed by atoms with Gasteiger partial charge in [-0.2, -0.15) is 0 Å². The summed E-state index contributed by atoms with van der Waals surface area (Å²) in [4.78, 5) is 11.8. The highest BCUT2D eigenvalue weighted by atomic mass is 32.2. The van der Waals surface area contributed by atoms with Gasteiger partial charge < -0.3 is 15.2 Å². The van der Waals surface area contributed by atoms with Crippen molar-refractivity contribution in [2.24, 2.45) is 0 Å². The lowest BCUT2D eigenvalue weighted by Crippen LogP contribution is -2.35. The van der Waals surface area contributed by atoms with Gasteiger partial charge in [0.1, 0.15) is 0 Å². The van der Waals surface area contributed by atoms with Gasteiger partial charge in [0.25, 0.3) is 0 Å². The van der Waals surface area contributed by atoms with Crippen LogP contribution in [0, 0.1) is 0 Å². The van der Waals surface area contributed by atoms with Crippen LogP contribution in [-0.2, 0) is 16.0 Å². The summed E-state index contributed by atoms with van der Waals surface area (Å²) in [6.07, 6.45) is 0.0862. The lowest BCUT2D eigenvalue weighted by molar-refractivity contribution is -0.120. The Hall–Kier alpha value is -1.04. The first kappa shape index (κ1) is 14.4. The van der Waals surface area contributed by atoms with Gasteiger partial charge in [-0.15, -0.1) is 11.8 Å². The molecular weight excluding hydrogens is 262 g/mol. The molecule has 2 atom stereocenters. The Bertz CT molecular complexity index is 438. The number of fused-ring (bicyclic) bond motifs is 1. The number of amides is 1. The third kappa shape index (κ3) is 3.72. The van der Waals surface area contributed by atoms with E-state index in [1.807, 2.05) is 24.3 Å². The number of rotatable bonds is 6. The van der Waals surface area contributed by atoms with E-state index in [1.165, 1.54) is 11.8 Å². The second-order valence-electron chi connectivity index (χ2n) is 4.56. The number of carbonyl (C=O) groups is 1. The Morgan fingerprint density at radius 1 is 1.53 bits per heavy atom. The Balaban J connectivity index is 1.87. The summed E-state index contributed by atoms with van der Waals surface area (Å²) in [5.74, 6) is 1.16. The summed E-state index contributed by atoms with van der Waals surface area (Å²) < 4.78 is 4.93. The fourth-order valence-electron chi connectivity index (χ4n) is 2.27. The maximum absolute atomic E-state index is 11.8. The van der Waals surface area contributed by atoms with Crippen molar-refractivity contribution in [2.75, 3.05) is 25.2 Å². The topological polar surface area (TPSA) is 58.6 Å². The molecule has 0 saturated carbocycles. The van der Waals surface area contributed by atoms with Gasteiger partial charge in [0, 0.05) is 19.3 Å². The average Bonchev–Trinajstić information content (AvgIpc) is 2.72. The Kier molecular flexibility index (Phi) is 5.24. The predicted octanol–water partition coefficient (Wildman–Crippen LogP) is 1.14. The van der Waals surface area contributed by atoms with Crippen LogP contribution < -0.4 is 5.32 Å². The van der Waals surface area contributed by atoms with Crippen molar-refractivity contribution >= 4 is 17.7 Å². The van der Waals surface area contributed by atoms with E-state index in [4.69, 9.17) is 4.74 Å². The van der Waals surface area contributed by atoms with Crippen molar-refractivity contribution < 1.29 is 14.6 Å². The maximum Gasteiger partial charge on any atom is 0.230 e. The van der Waals surface area contributed by atoms with Gasteiger partial charge >= 0.3 is 0 Å². The fraction of sp³-hybridized carbons (Fsp3) is 0.500. The minimum absolute atomic E-state index is 0.0399. The van der Waals surface area contributed by atoms with Crippen LogP contribution in [0.2, 0.25) is 0 Å². The van der Waals surface area contributed by atoms with Crippen LogP contribution in [0.3, 0.4) is 0 Å². The molecule has 0 heterocycles. The van der Waals surface area contributed by atoms with Crippen LogP contribution in [0.25, 0.3) is 0 Å². The first-order chi connectivity index (χ1) is 9.22. The molecular formula is C14H19NO3S. The van der Waals surface area contributed by atoms with Gasteiger partial charge in [-0.3, -0.25) is 4.79 Å². The molecule has 0 aliphatic heterocycles. The summed E-state index contributed by atoms with van der Waals surface area (Å²) in [7, 11) is 1.65.